The number of nitrogens with zero attached hydrogens (tertiary/aromatic N) is 2. The number of nitrogens with one attached hydrogen (secondary N) is 1. The molecule has 128 valence electrons. The third kappa shape index (κ3) is 5.20. The first kappa shape index (κ1) is 17.2. The maximum atomic E-state index is 11.1. The highest BCUT2D eigenvalue weighted by molar-refractivity contribution is 8.01. The van der Waals surface area contributed by atoms with Crippen molar-refractivity contribution in [3.05, 3.63) is 54.6 Å². The van der Waals surface area contributed by atoms with Gasteiger partial charge in [-0.2, -0.15) is 0 Å². The summed E-state index contributed by atoms with van der Waals surface area (Å²) in [5, 5.41) is 11.9. The Bertz CT molecular complexity index is 823. The van der Waals surface area contributed by atoms with E-state index in [4.69, 9.17) is 4.74 Å². The summed E-state index contributed by atoms with van der Waals surface area (Å²) in [6.45, 7) is 0. The van der Waals surface area contributed by atoms with Crippen LogP contribution >= 0.6 is 23.1 Å². The Morgan fingerprint density at radius 2 is 1.80 bits per heavy atom. The predicted octanol–water partition coefficient (Wildman–Crippen LogP) is 4.34. The molecule has 0 unspecified atom stereocenters. The number of benzene rings is 2. The van der Waals surface area contributed by atoms with E-state index in [-0.39, 0.29) is 11.7 Å². The van der Waals surface area contributed by atoms with Gasteiger partial charge in [0.25, 0.3) is 0 Å². The number of ether oxygens (including phenoxy) is 2. The van der Waals surface area contributed by atoms with Crippen molar-refractivity contribution >= 4 is 39.9 Å². The van der Waals surface area contributed by atoms with Crippen molar-refractivity contribution in [3.63, 3.8) is 0 Å². The van der Waals surface area contributed by atoms with Crippen molar-refractivity contribution in [2.75, 3.05) is 18.2 Å². The molecule has 0 saturated carbocycles. The van der Waals surface area contributed by atoms with E-state index in [0.29, 0.717) is 9.47 Å². The standard InChI is InChI=1S/C17H15N3O3S2/c1-22-15(21)11-24-17-20-19-16(25-17)18-12-7-9-14(10-8-12)23-13-5-3-2-4-6-13/h2-10H,11H2,1H3,(H,18,19). The van der Waals surface area contributed by atoms with Crippen LogP contribution in [0.15, 0.2) is 58.9 Å². The molecule has 0 bridgehead atoms. The van der Waals surface area contributed by atoms with Gasteiger partial charge in [-0.3, -0.25) is 4.79 Å². The van der Waals surface area contributed by atoms with Gasteiger partial charge in [0.05, 0.1) is 12.9 Å². The minimum atomic E-state index is -0.288. The molecule has 0 aliphatic carbocycles. The zero-order valence-corrected chi connectivity index (χ0v) is 15.0. The van der Waals surface area contributed by atoms with Crippen molar-refractivity contribution in [3.8, 4) is 11.5 Å². The van der Waals surface area contributed by atoms with Crippen molar-refractivity contribution in [2.45, 2.75) is 4.34 Å². The Morgan fingerprint density at radius 1 is 1.08 bits per heavy atom. The van der Waals surface area contributed by atoms with Gasteiger partial charge >= 0.3 is 5.97 Å². The van der Waals surface area contributed by atoms with Crippen molar-refractivity contribution in [2.24, 2.45) is 0 Å². The molecular formula is C17H15N3O3S2. The van der Waals surface area contributed by atoms with Crippen LogP contribution in [0, 0.1) is 0 Å². The van der Waals surface area contributed by atoms with Crippen LogP contribution in [0.3, 0.4) is 0 Å². The van der Waals surface area contributed by atoms with Gasteiger partial charge < -0.3 is 14.8 Å². The molecule has 1 aromatic heterocycles. The molecule has 2 aromatic carbocycles. The van der Waals surface area contributed by atoms with E-state index in [9.17, 15) is 4.79 Å². The molecule has 1 heterocycles. The summed E-state index contributed by atoms with van der Waals surface area (Å²) in [7, 11) is 1.36. The number of esters is 1. The average molecular weight is 373 g/mol. The Labute approximate surface area is 153 Å². The summed E-state index contributed by atoms with van der Waals surface area (Å²) in [6, 6.07) is 17.2. The van der Waals surface area contributed by atoms with E-state index in [1.807, 2.05) is 54.6 Å². The van der Waals surface area contributed by atoms with Crippen LogP contribution in [0.2, 0.25) is 0 Å². The molecule has 0 aliphatic rings. The van der Waals surface area contributed by atoms with Crippen LogP contribution in [-0.4, -0.2) is 29.0 Å². The number of anilines is 2. The van der Waals surface area contributed by atoms with Crippen LogP contribution in [0.25, 0.3) is 0 Å². The SMILES string of the molecule is COC(=O)CSc1nnc(Nc2ccc(Oc3ccccc3)cc2)s1. The molecule has 0 fully saturated rings. The molecule has 3 rings (SSSR count). The molecule has 0 spiro atoms. The summed E-state index contributed by atoms with van der Waals surface area (Å²) in [4.78, 5) is 11.1. The fourth-order valence-electron chi connectivity index (χ4n) is 1.85. The van der Waals surface area contributed by atoms with Crippen LogP contribution in [0.5, 0.6) is 11.5 Å². The van der Waals surface area contributed by atoms with Crippen LogP contribution < -0.4 is 10.1 Å². The lowest BCUT2D eigenvalue weighted by Crippen LogP contribution is -2.02. The smallest absolute Gasteiger partial charge is 0.316 e. The number of para-hydroxylation sites is 1. The lowest BCUT2D eigenvalue weighted by molar-refractivity contribution is -0.137. The molecule has 0 atom stereocenters. The third-order valence-electron chi connectivity index (χ3n) is 3.03. The second-order valence-corrected chi connectivity index (χ2v) is 7.00. The van der Waals surface area contributed by atoms with E-state index < -0.39 is 0 Å². The lowest BCUT2D eigenvalue weighted by atomic mass is 10.3. The van der Waals surface area contributed by atoms with Crippen LogP contribution in [0.1, 0.15) is 0 Å². The Kier molecular flexibility index (Phi) is 5.86. The average Bonchev–Trinajstić information content (AvgIpc) is 3.09. The van der Waals surface area contributed by atoms with E-state index in [0.717, 1.165) is 17.2 Å². The third-order valence-corrected chi connectivity index (χ3v) is 4.98. The number of carbonyl (C=O) groups excluding carboxylic acids is 1. The molecule has 3 aromatic rings. The van der Waals surface area contributed by atoms with Crippen molar-refractivity contribution < 1.29 is 14.3 Å². The number of aromatic nitrogens is 2. The van der Waals surface area contributed by atoms with Gasteiger partial charge in [-0.15, -0.1) is 10.2 Å². The first-order valence-corrected chi connectivity index (χ1v) is 9.16. The van der Waals surface area contributed by atoms with E-state index >= 15 is 0 Å². The summed E-state index contributed by atoms with van der Waals surface area (Å²) in [5.74, 6) is 1.48. The molecule has 1 N–H and O–H groups in total. The molecule has 0 radical (unpaired) electrons. The fraction of sp³-hybridized carbons (Fsp3) is 0.118. The first-order valence-electron chi connectivity index (χ1n) is 7.36. The van der Waals surface area contributed by atoms with Crippen LogP contribution in [0.4, 0.5) is 10.8 Å². The minimum absolute atomic E-state index is 0.219. The first-order chi connectivity index (χ1) is 12.2. The lowest BCUT2D eigenvalue weighted by Gasteiger charge is -2.06. The van der Waals surface area contributed by atoms with Gasteiger partial charge in [-0.25, -0.2) is 0 Å². The number of methoxy groups -OCH3 is 1. The molecular weight excluding hydrogens is 358 g/mol. The largest absolute Gasteiger partial charge is 0.468 e. The molecule has 25 heavy (non-hydrogen) atoms. The Hall–Kier alpha value is -2.58. The predicted molar refractivity (Wildman–Crippen MR) is 98.9 cm³/mol. The molecule has 0 aliphatic heterocycles. The number of carbonyl (C=O) groups is 1. The number of hydrogen-bond acceptors (Lipinski definition) is 8. The monoisotopic (exact) mass is 373 g/mol. The van der Waals surface area contributed by atoms with E-state index in [2.05, 4.69) is 20.3 Å². The number of rotatable bonds is 7. The van der Waals surface area contributed by atoms with Gasteiger partial charge in [-0.1, -0.05) is 41.3 Å². The van der Waals surface area contributed by atoms with Crippen molar-refractivity contribution in [1.82, 2.24) is 10.2 Å². The maximum Gasteiger partial charge on any atom is 0.316 e. The number of hydrogen-bond donors (Lipinski definition) is 1. The highest BCUT2D eigenvalue weighted by atomic mass is 32.2. The quantitative estimate of drug-likeness (QED) is 0.488. The normalized spacial score (nSPS) is 10.3. The van der Waals surface area contributed by atoms with E-state index in [1.165, 1.54) is 30.2 Å². The minimum Gasteiger partial charge on any atom is -0.468 e. The highest BCUT2D eigenvalue weighted by Gasteiger charge is 2.08. The maximum absolute atomic E-state index is 11.1. The molecule has 0 saturated heterocycles. The Morgan fingerprint density at radius 3 is 2.52 bits per heavy atom. The van der Waals surface area contributed by atoms with Gasteiger partial charge in [-0.05, 0) is 36.4 Å². The van der Waals surface area contributed by atoms with Gasteiger partial charge in [0.1, 0.15) is 11.5 Å². The zero-order chi connectivity index (χ0) is 17.5. The highest BCUT2D eigenvalue weighted by Crippen LogP contribution is 2.29. The molecule has 8 heteroatoms. The summed E-state index contributed by atoms with van der Waals surface area (Å²) >= 11 is 2.68. The molecule has 0 amide bonds. The van der Waals surface area contributed by atoms with Crippen LogP contribution in [-0.2, 0) is 9.53 Å². The summed E-state index contributed by atoms with van der Waals surface area (Å²) in [5.41, 5.74) is 0.876. The number of thioether (sulfide) groups is 1. The molecule has 6 nitrogen and oxygen atoms in total. The second-order valence-electron chi connectivity index (χ2n) is 4.80. The topological polar surface area (TPSA) is 73.3 Å². The van der Waals surface area contributed by atoms with Gasteiger partial charge in [0.15, 0.2) is 4.34 Å². The fourth-order valence-corrected chi connectivity index (χ4v) is 3.46. The van der Waals surface area contributed by atoms with E-state index in [1.54, 1.807) is 0 Å². The summed E-state index contributed by atoms with van der Waals surface area (Å²) in [6.07, 6.45) is 0. The van der Waals surface area contributed by atoms with Gasteiger partial charge in [0.2, 0.25) is 5.13 Å². The van der Waals surface area contributed by atoms with Gasteiger partial charge in [0, 0.05) is 5.69 Å². The zero-order valence-electron chi connectivity index (χ0n) is 13.3. The Balaban J connectivity index is 1.56. The van der Waals surface area contributed by atoms with Crippen molar-refractivity contribution in [1.29, 1.82) is 0 Å². The summed E-state index contributed by atoms with van der Waals surface area (Å²) < 4.78 is 11.1. The second kappa shape index (κ2) is 8.50.